The predicted molar refractivity (Wildman–Crippen MR) is 58.9 cm³/mol. The van der Waals surface area contributed by atoms with Crippen LogP contribution in [0.2, 0.25) is 0 Å². The lowest BCUT2D eigenvalue weighted by molar-refractivity contribution is -0.105. The summed E-state index contributed by atoms with van der Waals surface area (Å²) in [6.45, 7) is 4.75. The van der Waals surface area contributed by atoms with Gasteiger partial charge in [-0.2, -0.15) is 0 Å². The van der Waals surface area contributed by atoms with E-state index in [4.69, 9.17) is 4.52 Å². The summed E-state index contributed by atoms with van der Waals surface area (Å²) in [6.07, 6.45) is 0.491. The molecule has 1 aromatic rings. The molecule has 1 atom stereocenters. The number of carbonyl (C=O) groups is 1. The van der Waals surface area contributed by atoms with Crippen LogP contribution < -0.4 is 9.61 Å². The van der Waals surface area contributed by atoms with E-state index in [1.807, 2.05) is 6.07 Å². The third-order valence-electron chi connectivity index (χ3n) is 1.51. The Labute approximate surface area is 88.5 Å². The SMILES string of the molecule is C=C(C=O)NP(C)(=O)Oc1ccccc1. The summed E-state index contributed by atoms with van der Waals surface area (Å²) in [5.41, 5.74) is 0.0387. The van der Waals surface area contributed by atoms with E-state index >= 15 is 0 Å². The lowest BCUT2D eigenvalue weighted by Crippen LogP contribution is -2.13. The number of hydrogen-bond acceptors (Lipinski definition) is 3. The van der Waals surface area contributed by atoms with Gasteiger partial charge in [0.1, 0.15) is 5.75 Å². The average Bonchev–Trinajstić information content (AvgIpc) is 2.17. The highest BCUT2D eigenvalue weighted by Gasteiger charge is 2.17. The van der Waals surface area contributed by atoms with Crippen molar-refractivity contribution >= 4 is 13.8 Å². The van der Waals surface area contributed by atoms with Crippen molar-refractivity contribution in [1.29, 1.82) is 0 Å². The van der Waals surface area contributed by atoms with Crippen LogP contribution in [0.1, 0.15) is 0 Å². The van der Waals surface area contributed by atoms with Gasteiger partial charge in [-0.3, -0.25) is 9.36 Å². The van der Waals surface area contributed by atoms with Crippen LogP contribution in [0.5, 0.6) is 5.75 Å². The summed E-state index contributed by atoms with van der Waals surface area (Å²) in [5.74, 6) is 0.481. The highest BCUT2D eigenvalue weighted by molar-refractivity contribution is 7.56. The normalized spacial score (nSPS) is 13.7. The summed E-state index contributed by atoms with van der Waals surface area (Å²) in [6, 6.07) is 8.72. The van der Waals surface area contributed by atoms with Gasteiger partial charge in [-0.1, -0.05) is 24.8 Å². The molecule has 0 saturated heterocycles. The molecule has 0 aromatic heterocycles. The van der Waals surface area contributed by atoms with Crippen molar-refractivity contribution in [3.05, 3.63) is 42.6 Å². The number of hydrogen-bond donors (Lipinski definition) is 1. The van der Waals surface area contributed by atoms with Gasteiger partial charge in [0, 0.05) is 6.66 Å². The minimum Gasteiger partial charge on any atom is -0.429 e. The van der Waals surface area contributed by atoms with Crippen molar-refractivity contribution in [3.63, 3.8) is 0 Å². The maximum absolute atomic E-state index is 11.8. The average molecular weight is 225 g/mol. The monoisotopic (exact) mass is 225 g/mol. The van der Waals surface area contributed by atoms with Crippen LogP contribution >= 0.6 is 7.52 Å². The van der Waals surface area contributed by atoms with Crippen LogP contribution in [-0.4, -0.2) is 13.0 Å². The van der Waals surface area contributed by atoms with Gasteiger partial charge in [-0.25, -0.2) is 0 Å². The lowest BCUT2D eigenvalue weighted by Gasteiger charge is -2.16. The molecule has 1 N–H and O–H groups in total. The summed E-state index contributed by atoms with van der Waals surface area (Å²) < 4.78 is 17.0. The van der Waals surface area contributed by atoms with Crippen LogP contribution in [0.3, 0.4) is 0 Å². The number of rotatable bonds is 5. The summed E-state index contributed by atoms with van der Waals surface area (Å²) >= 11 is 0. The van der Waals surface area contributed by atoms with E-state index in [2.05, 4.69) is 11.7 Å². The Morgan fingerprint density at radius 3 is 2.60 bits per heavy atom. The molecule has 0 aliphatic heterocycles. The minimum atomic E-state index is -3.07. The number of aldehydes is 1. The maximum atomic E-state index is 11.8. The predicted octanol–water partition coefficient (Wildman–Crippen LogP) is 2.19. The molecule has 1 unspecified atom stereocenters. The maximum Gasteiger partial charge on any atom is 0.338 e. The molecule has 5 heteroatoms. The fourth-order valence-corrected chi connectivity index (χ4v) is 2.14. The third-order valence-corrected chi connectivity index (χ3v) is 2.76. The van der Waals surface area contributed by atoms with Gasteiger partial charge in [0.25, 0.3) is 0 Å². The second-order valence-corrected chi connectivity index (χ2v) is 5.10. The number of carbonyl (C=O) groups excluding carboxylic acids is 1. The molecular weight excluding hydrogens is 213 g/mol. The topological polar surface area (TPSA) is 55.4 Å². The smallest absolute Gasteiger partial charge is 0.338 e. The Hall–Kier alpha value is -1.54. The second-order valence-electron chi connectivity index (χ2n) is 3.01. The van der Waals surface area contributed by atoms with E-state index in [1.54, 1.807) is 24.3 Å². The number of nitrogens with one attached hydrogen (secondary N) is 1. The first kappa shape index (κ1) is 11.5. The van der Waals surface area contributed by atoms with Crippen LogP contribution in [0.4, 0.5) is 0 Å². The molecule has 0 spiro atoms. The van der Waals surface area contributed by atoms with Gasteiger partial charge >= 0.3 is 7.52 Å². The molecule has 0 bridgehead atoms. The summed E-state index contributed by atoms with van der Waals surface area (Å²) in [4.78, 5) is 10.3. The van der Waals surface area contributed by atoms with Crippen molar-refractivity contribution in [2.24, 2.45) is 0 Å². The molecule has 0 radical (unpaired) electrons. The Bertz CT molecular complexity index is 402. The molecule has 80 valence electrons. The highest BCUT2D eigenvalue weighted by Crippen LogP contribution is 2.39. The number of allylic oxidation sites excluding steroid dienone is 1. The quantitative estimate of drug-likeness (QED) is 0.474. The zero-order valence-corrected chi connectivity index (χ0v) is 9.24. The molecule has 4 nitrogen and oxygen atoms in total. The fraction of sp³-hybridized carbons (Fsp3) is 0.100. The molecule has 1 aromatic carbocycles. The van der Waals surface area contributed by atoms with E-state index in [0.29, 0.717) is 12.0 Å². The minimum absolute atomic E-state index is 0.0387. The van der Waals surface area contributed by atoms with Crippen LogP contribution in [-0.2, 0) is 9.36 Å². The van der Waals surface area contributed by atoms with Crippen LogP contribution in [0, 0.1) is 0 Å². The van der Waals surface area contributed by atoms with Crippen molar-refractivity contribution in [3.8, 4) is 5.75 Å². The zero-order chi connectivity index (χ0) is 11.3. The summed E-state index contributed by atoms with van der Waals surface area (Å²) in [7, 11) is -3.07. The van der Waals surface area contributed by atoms with Gasteiger partial charge in [0.05, 0.1) is 5.70 Å². The molecule has 0 aliphatic carbocycles. The van der Waals surface area contributed by atoms with E-state index < -0.39 is 7.52 Å². The first-order chi connectivity index (χ1) is 7.03. The Morgan fingerprint density at radius 1 is 1.47 bits per heavy atom. The first-order valence-electron chi connectivity index (χ1n) is 4.28. The lowest BCUT2D eigenvalue weighted by atomic mass is 10.3. The van der Waals surface area contributed by atoms with Gasteiger partial charge in [0.2, 0.25) is 0 Å². The van der Waals surface area contributed by atoms with E-state index in [-0.39, 0.29) is 5.70 Å². The van der Waals surface area contributed by atoms with Gasteiger partial charge < -0.3 is 9.61 Å². The van der Waals surface area contributed by atoms with Gasteiger partial charge in [-0.05, 0) is 12.1 Å². The Kier molecular flexibility index (Phi) is 3.69. The zero-order valence-electron chi connectivity index (χ0n) is 8.34. The van der Waals surface area contributed by atoms with Crippen molar-refractivity contribution < 1.29 is 13.9 Å². The molecule has 15 heavy (non-hydrogen) atoms. The largest absolute Gasteiger partial charge is 0.429 e. The third kappa shape index (κ3) is 4.00. The Balaban J connectivity index is 2.69. The molecular formula is C10H12NO3P. The molecule has 0 heterocycles. The van der Waals surface area contributed by atoms with Crippen LogP contribution in [0.15, 0.2) is 42.6 Å². The fourth-order valence-electron chi connectivity index (χ4n) is 0.993. The van der Waals surface area contributed by atoms with Gasteiger partial charge in [-0.15, -0.1) is 0 Å². The highest BCUT2D eigenvalue weighted by atomic mass is 31.2. The molecule has 0 amide bonds. The van der Waals surface area contributed by atoms with E-state index in [9.17, 15) is 9.36 Å². The first-order valence-corrected chi connectivity index (χ1v) is 6.35. The van der Waals surface area contributed by atoms with Crippen molar-refractivity contribution in [2.75, 3.05) is 6.66 Å². The summed E-state index contributed by atoms with van der Waals surface area (Å²) in [5, 5.41) is 2.43. The van der Waals surface area contributed by atoms with Gasteiger partial charge in [0.15, 0.2) is 6.29 Å². The molecule has 0 saturated carbocycles. The molecule has 0 fully saturated rings. The van der Waals surface area contributed by atoms with Crippen molar-refractivity contribution in [1.82, 2.24) is 5.09 Å². The number of benzene rings is 1. The van der Waals surface area contributed by atoms with E-state index in [1.165, 1.54) is 6.66 Å². The number of para-hydroxylation sites is 1. The standard InChI is InChI=1S/C10H12NO3P/c1-9(8-12)11-15(2,13)14-10-6-4-3-5-7-10/h3-8H,1H2,2H3,(H,11,13). The van der Waals surface area contributed by atoms with Crippen LogP contribution in [0.25, 0.3) is 0 Å². The second kappa shape index (κ2) is 4.80. The van der Waals surface area contributed by atoms with Crippen molar-refractivity contribution in [2.45, 2.75) is 0 Å². The molecule has 1 rings (SSSR count). The Morgan fingerprint density at radius 2 is 2.07 bits per heavy atom. The van der Waals surface area contributed by atoms with E-state index in [0.717, 1.165) is 0 Å². The molecule has 0 aliphatic rings.